The number of hydrogen-bond acceptors (Lipinski definition) is 4. The maximum Gasteiger partial charge on any atom is 0.289 e. The van der Waals surface area contributed by atoms with Gasteiger partial charge in [0, 0.05) is 33.2 Å². The SMILES string of the molecule is CC(=O)C(=O)N(CC1CCN(Cc2ccccc2C)CC1)C[C@H]1CCCO1. The number of carbonyl (C=O) groups excluding carboxylic acids is 2. The van der Waals surface area contributed by atoms with Gasteiger partial charge in [-0.25, -0.2) is 0 Å². The molecule has 1 amide bonds. The van der Waals surface area contributed by atoms with Gasteiger partial charge in [-0.15, -0.1) is 0 Å². The Bertz CT molecular complexity index is 647. The molecule has 5 nitrogen and oxygen atoms in total. The molecule has 1 aromatic rings. The maximum atomic E-state index is 12.4. The molecule has 148 valence electrons. The van der Waals surface area contributed by atoms with Crippen LogP contribution in [0, 0.1) is 12.8 Å². The van der Waals surface area contributed by atoms with Crippen LogP contribution in [0.5, 0.6) is 0 Å². The summed E-state index contributed by atoms with van der Waals surface area (Å²) in [7, 11) is 0. The van der Waals surface area contributed by atoms with E-state index in [0.29, 0.717) is 19.0 Å². The minimum Gasteiger partial charge on any atom is -0.376 e. The van der Waals surface area contributed by atoms with E-state index < -0.39 is 0 Å². The summed E-state index contributed by atoms with van der Waals surface area (Å²) in [5, 5.41) is 0. The Hall–Kier alpha value is -1.72. The van der Waals surface area contributed by atoms with Gasteiger partial charge in [0.2, 0.25) is 5.78 Å². The lowest BCUT2D eigenvalue weighted by molar-refractivity contribution is -0.145. The molecule has 0 unspecified atom stereocenters. The Kier molecular flexibility index (Phi) is 7.02. The Labute approximate surface area is 162 Å². The molecule has 2 aliphatic rings. The molecule has 5 heteroatoms. The zero-order chi connectivity index (χ0) is 19.2. The minimum atomic E-state index is -0.370. The number of nitrogens with zero attached hydrogens (tertiary/aromatic N) is 2. The van der Waals surface area contributed by atoms with Gasteiger partial charge in [-0.2, -0.15) is 0 Å². The van der Waals surface area contributed by atoms with E-state index in [9.17, 15) is 9.59 Å². The number of rotatable bonds is 7. The molecule has 2 heterocycles. The van der Waals surface area contributed by atoms with Crippen molar-refractivity contribution < 1.29 is 14.3 Å². The zero-order valence-electron chi connectivity index (χ0n) is 16.7. The molecule has 3 rings (SSSR count). The van der Waals surface area contributed by atoms with Crippen LogP contribution in [0.3, 0.4) is 0 Å². The first-order valence-corrected chi connectivity index (χ1v) is 10.2. The van der Waals surface area contributed by atoms with E-state index >= 15 is 0 Å². The van der Waals surface area contributed by atoms with E-state index in [1.165, 1.54) is 18.1 Å². The third kappa shape index (κ3) is 5.63. The van der Waals surface area contributed by atoms with Gasteiger partial charge in [0.05, 0.1) is 6.10 Å². The van der Waals surface area contributed by atoms with Gasteiger partial charge in [-0.05, 0) is 62.7 Å². The molecule has 1 atom stereocenters. The smallest absolute Gasteiger partial charge is 0.289 e. The quantitative estimate of drug-likeness (QED) is 0.691. The topological polar surface area (TPSA) is 49.9 Å². The van der Waals surface area contributed by atoms with Crippen LogP contribution in [0.25, 0.3) is 0 Å². The normalized spacial score (nSPS) is 21.3. The number of piperidine rings is 1. The van der Waals surface area contributed by atoms with Crippen molar-refractivity contribution >= 4 is 11.7 Å². The van der Waals surface area contributed by atoms with Crippen LogP contribution in [0.15, 0.2) is 24.3 Å². The molecule has 0 aliphatic carbocycles. The number of carbonyl (C=O) groups is 2. The molecule has 2 saturated heterocycles. The van der Waals surface area contributed by atoms with Gasteiger partial charge >= 0.3 is 0 Å². The van der Waals surface area contributed by atoms with Crippen molar-refractivity contribution in [1.29, 1.82) is 0 Å². The third-order valence-electron chi connectivity index (χ3n) is 5.88. The van der Waals surface area contributed by atoms with Crippen molar-refractivity contribution in [3.8, 4) is 0 Å². The highest BCUT2D eigenvalue weighted by atomic mass is 16.5. The predicted molar refractivity (Wildman–Crippen MR) is 105 cm³/mol. The van der Waals surface area contributed by atoms with E-state index in [-0.39, 0.29) is 17.8 Å². The van der Waals surface area contributed by atoms with E-state index in [1.807, 2.05) is 0 Å². The van der Waals surface area contributed by atoms with Crippen molar-refractivity contribution in [3.63, 3.8) is 0 Å². The predicted octanol–water partition coefficient (Wildman–Crippen LogP) is 2.80. The lowest BCUT2D eigenvalue weighted by atomic mass is 9.95. The van der Waals surface area contributed by atoms with E-state index in [4.69, 9.17) is 4.74 Å². The largest absolute Gasteiger partial charge is 0.376 e. The fourth-order valence-corrected chi connectivity index (χ4v) is 4.16. The number of Topliss-reactive ketones (excluding diaryl/α,β-unsaturated/α-hetero) is 1. The van der Waals surface area contributed by atoms with Crippen molar-refractivity contribution in [2.75, 3.05) is 32.8 Å². The van der Waals surface area contributed by atoms with E-state index in [0.717, 1.165) is 51.9 Å². The minimum absolute atomic E-state index is 0.0921. The lowest BCUT2D eigenvalue weighted by Gasteiger charge is -2.35. The molecule has 0 aromatic heterocycles. The maximum absolute atomic E-state index is 12.4. The Morgan fingerprint density at radius 3 is 2.52 bits per heavy atom. The van der Waals surface area contributed by atoms with Crippen molar-refractivity contribution in [2.24, 2.45) is 5.92 Å². The molecule has 0 radical (unpaired) electrons. The Morgan fingerprint density at radius 1 is 1.15 bits per heavy atom. The number of aryl methyl sites for hydroxylation is 1. The third-order valence-corrected chi connectivity index (χ3v) is 5.88. The Balaban J connectivity index is 1.51. The summed E-state index contributed by atoms with van der Waals surface area (Å²) in [6.07, 6.45) is 4.26. The second kappa shape index (κ2) is 9.47. The second-order valence-electron chi connectivity index (χ2n) is 8.05. The summed E-state index contributed by atoms with van der Waals surface area (Å²) in [5.74, 6) is -0.263. The van der Waals surface area contributed by atoms with Crippen LogP contribution in [0.1, 0.15) is 43.7 Å². The molecule has 0 spiro atoms. The highest BCUT2D eigenvalue weighted by Crippen LogP contribution is 2.22. The van der Waals surface area contributed by atoms with Crippen LogP contribution in [-0.4, -0.2) is 60.4 Å². The summed E-state index contributed by atoms with van der Waals surface area (Å²) in [6, 6.07) is 8.56. The van der Waals surface area contributed by atoms with Gasteiger partial charge in [-0.3, -0.25) is 14.5 Å². The number of ketones is 1. The number of ether oxygens (including phenoxy) is 1. The first kappa shape index (κ1) is 20.0. The molecule has 0 N–H and O–H groups in total. The molecular formula is C22H32N2O3. The molecular weight excluding hydrogens is 340 g/mol. The van der Waals surface area contributed by atoms with Crippen LogP contribution in [0.4, 0.5) is 0 Å². The average molecular weight is 373 g/mol. The standard InChI is InChI=1S/C22H32N2O3/c1-17-6-3-4-7-20(17)15-23-11-9-19(10-12-23)14-24(22(26)18(2)25)16-21-8-5-13-27-21/h3-4,6-7,19,21H,5,8-16H2,1-2H3/t21-/m1/s1. The molecule has 1 aromatic carbocycles. The number of benzene rings is 1. The van der Waals surface area contributed by atoms with Gasteiger partial charge in [0.25, 0.3) is 5.91 Å². The van der Waals surface area contributed by atoms with Crippen LogP contribution < -0.4 is 0 Å². The van der Waals surface area contributed by atoms with E-state index in [2.05, 4.69) is 36.1 Å². The van der Waals surface area contributed by atoms with Crippen LogP contribution in [-0.2, 0) is 20.9 Å². The first-order chi connectivity index (χ1) is 13.0. The summed E-state index contributed by atoms with van der Waals surface area (Å²) in [4.78, 5) is 28.3. The fraction of sp³-hybridized carbons (Fsp3) is 0.636. The lowest BCUT2D eigenvalue weighted by Crippen LogP contribution is -2.45. The zero-order valence-corrected chi connectivity index (χ0v) is 16.7. The fourth-order valence-electron chi connectivity index (χ4n) is 4.16. The molecule has 2 fully saturated rings. The highest BCUT2D eigenvalue weighted by Gasteiger charge is 2.28. The summed E-state index contributed by atoms with van der Waals surface area (Å²) >= 11 is 0. The van der Waals surface area contributed by atoms with Gasteiger partial charge in [0.15, 0.2) is 0 Å². The number of amides is 1. The molecule has 0 bridgehead atoms. The monoisotopic (exact) mass is 372 g/mol. The Morgan fingerprint density at radius 2 is 1.89 bits per heavy atom. The second-order valence-corrected chi connectivity index (χ2v) is 8.05. The molecule has 2 aliphatic heterocycles. The van der Waals surface area contributed by atoms with Crippen LogP contribution >= 0.6 is 0 Å². The summed E-state index contributed by atoms with van der Waals surface area (Å²) < 4.78 is 5.68. The van der Waals surface area contributed by atoms with Crippen molar-refractivity contribution in [1.82, 2.24) is 9.80 Å². The van der Waals surface area contributed by atoms with E-state index in [1.54, 1.807) is 4.90 Å². The van der Waals surface area contributed by atoms with Gasteiger partial charge < -0.3 is 9.64 Å². The first-order valence-electron chi connectivity index (χ1n) is 10.2. The number of hydrogen-bond donors (Lipinski definition) is 0. The molecule has 27 heavy (non-hydrogen) atoms. The summed E-state index contributed by atoms with van der Waals surface area (Å²) in [5.41, 5.74) is 2.73. The van der Waals surface area contributed by atoms with Crippen LogP contribution in [0.2, 0.25) is 0 Å². The van der Waals surface area contributed by atoms with Crippen molar-refractivity contribution in [3.05, 3.63) is 35.4 Å². The van der Waals surface area contributed by atoms with Gasteiger partial charge in [-0.1, -0.05) is 24.3 Å². The number of likely N-dealkylation sites (tertiary alicyclic amines) is 1. The average Bonchev–Trinajstić information content (AvgIpc) is 3.17. The highest BCUT2D eigenvalue weighted by molar-refractivity contribution is 6.35. The molecule has 0 saturated carbocycles. The van der Waals surface area contributed by atoms with Crippen molar-refractivity contribution in [2.45, 2.75) is 52.2 Å². The summed E-state index contributed by atoms with van der Waals surface area (Å²) in [6.45, 7) is 8.61. The van der Waals surface area contributed by atoms with Gasteiger partial charge in [0.1, 0.15) is 0 Å².